The predicted molar refractivity (Wildman–Crippen MR) is 139 cm³/mol. The van der Waals surface area contributed by atoms with Crippen molar-refractivity contribution in [2.75, 3.05) is 0 Å². The first kappa shape index (κ1) is 26.7. The van der Waals surface area contributed by atoms with Crippen molar-refractivity contribution in [1.29, 1.82) is 0 Å². The van der Waals surface area contributed by atoms with Crippen LogP contribution in [-0.4, -0.2) is 28.8 Å². The van der Waals surface area contributed by atoms with E-state index in [0.29, 0.717) is 21.2 Å². The Hall–Kier alpha value is -2.89. The Kier molecular flexibility index (Phi) is 9.70. The van der Waals surface area contributed by atoms with Gasteiger partial charge < -0.3 is 10.2 Å². The van der Waals surface area contributed by atoms with E-state index in [1.807, 2.05) is 44.2 Å². The standard InChI is InChI=1S/C28H29Cl2FN2O2/c1-3-19(2)32-28(35)26(15-20-9-5-4-6-10-20)33(18-22-11-7-8-12-25(22)31)27(34)16-21-13-14-23(29)17-24(21)30/h4-14,17,19,26H,3,15-16,18H2,1-2H3,(H,32,35)/t19-,26+/m1/s1. The van der Waals surface area contributed by atoms with Crippen molar-refractivity contribution in [3.8, 4) is 0 Å². The van der Waals surface area contributed by atoms with Crippen LogP contribution in [0, 0.1) is 5.82 Å². The van der Waals surface area contributed by atoms with Crippen LogP contribution in [0.25, 0.3) is 0 Å². The van der Waals surface area contributed by atoms with Crippen molar-refractivity contribution in [3.05, 3.63) is 105 Å². The molecule has 3 aromatic carbocycles. The van der Waals surface area contributed by atoms with Gasteiger partial charge in [0.05, 0.1) is 6.42 Å². The van der Waals surface area contributed by atoms with Gasteiger partial charge in [-0.2, -0.15) is 0 Å². The van der Waals surface area contributed by atoms with Crippen LogP contribution in [0.4, 0.5) is 4.39 Å². The summed E-state index contributed by atoms with van der Waals surface area (Å²) >= 11 is 12.3. The summed E-state index contributed by atoms with van der Waals surface area (Å²) in [5, 5.41) is 3.82. The Morgan fingerprint density at radius 2 is 1.66 bits per heavy atom. The van der Waals surface area contributed by atoms with Gasteiger partial charge in [0.1, 0.15) is 11.9 Å². The quantitative estimate of drug-likeness (QED) is 0.348. The molecule has 1 N–H and O–H groups in total. The lowest BCUT2D eigenvalue weighted by Gasteiger charge is -2.32. The monoisotopic (exact) mass is 514 g/mol. The number of hydrogen-bond donors (Lipinski definition) is 1. The van der Waals surface area contributed by atoms with Crippen LogP contribution in [0.3, 0.4) is 0 Å². The molecule has 0 aromatic heterocycles. The highest BCUT2D eigenvalue weighted by molar-refractivity contribution is 6.35. The van der Waals surface area contributed by atoms with Crippen LogP contribution < -0.4 is 5.32 Å². The second-order valence-electron chi connectivity index (χ2n) is 8.55. The summed E-state index contributed by atoms with van der Waals surface area (Å²) in [6.45, 7) is 3.83. The molecule has 0 saturated carbocycles. The Labute approximate surface area is 216 Å². The van der Waals surface area contributed by atoms with Crippen LogP contribution in [0.1, 0.15) is 37.0 Å². The van der Waals surface area contributed by atoms with E-state index in [4.69, 9.17) is 23.2 Å². The highest BCUT2D eigenvalue weighted by Crippen LogP contribution is 2.24. The molecule has 0 bridgehead atoms. The average molecular weight is 515 g/mol. The third-order valence-corrected chi connectivity index (χ3v) is 6.51. The molecule has 0 spiro atoms. The average Bonchev–Trinajstić information content (AvgIpc) is 2.84. The molecule has 0 unspecified atom stereocenters. The molecule has 0 heterocycles. The van der Waals surface area contributed by atoms with Gasteiger partial charge in [0.25, 0.3) is 0 Å². The van der Waals surface area contributed by atoms with E-state index in [-0.39, 0.29) is 37.2 Å². The second kappa shape index (κ2) is 12.7. The van der Waals surface area contributed by atoms with Crippen molar-refractivity contribution in [2.24, 2.45) is 0 Å². The van der Waals surface area contributed by atoms with Crippen molar-refractivity contribution in [2.45, 2.75) is 51.7 Å². The van der Waals surface area contributed by atoms with E-state index < -0.39 is 11.9 Å². The first-order valence-corrected chi connectivity index (χ1v) is 12.3. The minimum atomic E-state index is -0.843. The van der Waals surface area contributed by atoms with Crippen LogP contribution in [0.15, 0.2) is 72.8 Å². The summed E-state index contributed by atoms with van der Waals surface area (Å²) in [6.07, 6.45) is 0.982. The van der Waals surface area contributed by atoms with Gasteiger partial charge in [0.2, 0.25) is 11.8 Å². The topological polar surface area (TPSA) is 49.4 Å². The molecule has 4 nitrogen and oxygen atoms in total. The van der Waals surface area contributed by atoms with E-state index in [1.54, 1.807) is 36.4 Å². The van der Waals surface area contributed by atoms with Gasteiger partial charge >= 0.3 is 0 Å². The molecule has 3 aromatic rings. The molecule has 184 valence electrons. The normalized spacial score (nSPS) is 12.6. The molecule has 7 heteroatoms. The third-order valence-electron chi connectivity index (χ3n) is 5.93. The maximum atomic E-state index is 14.6. The number of nitrogens with zero attached hydrogens (tertiary/aromatic N) is 1. The molecule has 0 aliphatic rings. The summed E-state index contributed by atoms with van der Waals surface area (Å²) in [4.78, 5) is 28.6. The highest BCUT2D eigenvalue weighted by Gasteiger charge is 2.31. The summed E-state index contributed by atoms with van der Waals surface area (Å²) < 4.78 is 14.6. The first-order valence-electron chi connectivity index (χ1n) is 11.6. The lowest BCUT2D eigenvalue weighted by molar-refractivity contribution is -0.141. The Balaban J connectivity index is 2.00. The Morgan fingerprint density at radius 1 is 0.971 bits per heavy atom. The zero-order valence-corrected chi connectivity index (χ0v) is 21.3. The van der Waals surface area contributed by atoms with Crippen LogP contribution >= 0.6 is 23.2 Å². The summed E-state index contributed by atoms with van der Waals surface area (Å²) in [5.74, 6) is -1.05. The van der Waals surface area contributed by atoms with Crippen molar-refractivity contribution >= 4 is 35.0 Å². The van der Waals surface area contributed by atoms with E-state index in [2.05, 4.69) is 5.32 Å². The van der Waals surface area contributed by atoms with E-state index >= 15 is 0 Å². The minimum Gasteiger partial charge on any atom is -0.352 e. The molecular formula is C28H29Cl2FN2O2. The van der Waals surface area contributed by atoms with Gasteiger partial charge in [-0.15, -0.1) is 0 Å². The second-order valence-corrected chi connectivity index (χ2v) is 9.39. The predicted octanol–water partition coefficient (Wildman–Crippen LogP) is 6.23. The SMILES string of the molecule is CC[C@@H](C)NC(=O)[C@H](Cc1ccccc1)N(Cc1ccccc1F)C(=O)Cc1ccc(Cl)cc1Cl. The maximum absolute atomic E-state index is 14.6. The number of hydrogen-bond acceptors (Lipinski definition) is 2. The number of nitrogens with one attached hydrogen (secondary N) is 1. The fourth-order valence-corrected chi connectivity index (χ4v) is 4.21. The number of rotatable bonds is 10. The molecular weight excluding hydrogens is 486 g/mol. The molecule has 0 aliphatic heterocycles. The maximum Gasteiger partial charge on any atom is 0.243 e. The lowest BCUT2D eigenvalue weighted by atomic mass is 10.0. The highest BCUT2D eigenvalue weighted by atomic mass is 35.5. The number of amides is 2. The summed E-state index contributed by atoms with van der Waals surface area (Å²) in [6, 6.07) is 19.8. The third kappa shape index (κ3) is 7.55. The summed E-state index contributed by atoms with van der Waals surface area (Å²) in [5.41, 5.74) is 1.81. The lowest BCUT2D eigenvalue weighted by Crippen LogP contribution is -2.52. The first-order chi connectivity index (χ1) is 16.8. The molecule has 0 aliphatic carbocycles. The Morgan fingerprint density at radius 3 is 2.31 bits per heavy atom. The van der Waals surface area contributed by atoms with Gasteiger partial charge in [0.15, 0.2) is 0 Å². The molecule has 35 heavy (non-hydrogen) atoms. The van der Waals surface area contributed by atoms with Gasteiger partial charge in [-0.25, -0.2) is 4.39 Å². The zero-order chi connectivity index (χ0) is 25.4. The Bertz CT molecular complexity index is 1160. The molecule has 0 fully saturated rings. The van der Waals surface area contributed by atoms with Gasteiger partial charge in [-0.3, -0.25) is 9.59 Å². The van der Waals surface area contributed by atoms with E-state index in [0.717, 1.165) is 12.0 Å². The van der Waals surface area contributed by atoms with E-state index in [9.17, 15) is 14.0 Å². The van der Waals surface area contributed by atoms with Gasteiger partial charge in [-0.05, 0) is 42.7 Å². The van der Waals surface area contributed by atoms with Crippen molar-refractivity contribution in [1.82, 2.24) is 10.2 Å². The van der Waals surface area contributed by atoms with Crippen LogP contribution in [0.5, 0.6) is 0 Å². The number of carbonyl (C=O) groups excluding carboxylic acids is 2. The van der Waals surface area contributed by atoms with Gasteiger partial charge in [0, 0.05) is 34.6 Å². The minimum absolute atomic E-state index is 0.0493. The van der Waals surface area contributed by atoms with Crippen molar-refractivity contribution < 1.29 is 14.0 Å². The number of halogens is 3. The molecule has 0 saturated heterocycles. The molecule has 0 radical (unpaired) electrons. The largest absolute Gasteiger partial charge is 0.352 e. The fourth-order valence-electron chi connectivity index (χ4n) is 3.73. The van der Waals surface area contributed by atoms with Gasteiger partial charge in [-0.1, -0.05) is 84.7 Å². The molecule has 2 amide bonds. The van der Waals surface area contributed by atoms with Crippen molar-refractivity contribution in [3.63, 3.8) is 0 Å². The zero-order valence-electron chi connectivity index (χ0n) is 19.8. The number of carbonyl (C=O) groups is 2. The van der Waals surface area contributed by atoms with Crippen LogP contribution in [0.2, 0.25) is 10.0 Å². The smallest absolute Gasteiger partial charge is 0.243 e. The summed E-state index contributed by atoms with van der Waals surface area (Å²) in [7, 11) is 0. The van der Waals surface area contributed by atoms with E-state index in [1.165, 1.54) is 11.0 Å². The molecule has 2 atom stereocenters. The molecule has 3 rings (SSSR count). The number of benzene rings is 3. The van der Waals surface area contributed by atoms with Crippen LogP contribution in [-0.2, 0) is 29.0 Å². The fraction of sp³-hybridized carbons (Fsp3) is 0.286.